The van der Waals surface area contributed by atoms with Gasteiger partial charge in [0.05, 0.1) is 5.69 Å². The molecule has 5 heteroatoms. The number of aryl methyl sites for hydroxylation is 1. The molecule has 0 saturated carbocycles. The number of anilines is 1. The summed E-state index contributed by atoms with van der Waals surface area (Å²) in [5, 5.41) is 10.8. The van der Waals surface area contributed by atoms with Gasteiger partial charge in [-0.2, -0.15) is 5.10 Å². The molecule has 0 aliphatic carbocycles. The first-order valence-corrected chi connectivity index (χ1v) is 4.87. The van der Waals surface area contributed by atoms with Crippen LogP contribution >= 0.6 is 0 Å². The molecule has 0 aliphatic rings. The first kappa shape index (κ1) is 11.4. The van der Waals surface area contributed by atoms with E-state index in [2.05, 4.69) is 15.5 Å². The van der Waals surface area contributed by atoms with Crippen LogP contribution in [0.25, 0.3) is 0 Å². The van der Waals surface area contributed by atoms with Gasteiger partial charge in [-0.15, -0.1) is 5.10 Å². The number of amides is 1. The molecule has 0 fully saturated rings. The van der Waals surface area contributed by atoms with Gasteiger partial charge in [0.1, 0.15) is 11.9 Å². The average Bonchev–Trinajstić information content (AvgIpc) is 2.15. The summed E-state index contributed by atoms with van der Waals surface area (Å²) >= 11 is 0. The van der Waals surface area contributed by atoms with E-state index in [1.807, 2.05) is 26.8 Å². The van der Waals surface area contributed by atoms with Gasteiger partial charge >= 0.3 is 0 Å². The number of nitrogens with zero attached hydrogens (tertiary/aromatic N) is 2. The molecular weight excluding hydrogens is 192 g/mol. The number of rotatable bonds is 4. The lowest BCUT2D eigenvalue weighted by molar-refractivity contribution is -0.119. The molecule has 1 aromatic rings. The third-order valence-electron chi connectivity index (χ3n) is 2.07. The van der Waals surface area contributed by atoms with Crippen molar-refractivity contribution in [3.63, 3.8) is 0 Å². The second-order valence-electron chi connectivity index (χ2n) is 3.83. The number of carbonyl (C=O) groups excluding carboxylic acids is 1. The highest BCUT2D eigenvalue weighted by Gasteiger charge is 2.19. The van der Waals surface area contributed by atoms with Gasteiger partial charge < -0.3 is 11.1 Å². The summed E-state index contributed by atoms with van der Waals surface area (Å²) in [6.07, 6.45) is 0. The molecule has 1 atom stereocenters. The van der Waals surface area contributed by atoms with Crippen LogP contribution in [-0.4, -0.2) is 22.1 Å². The van der Waals surface area contributed by atoms with Crippen molar-refractivity contribution in [3.05, 3.63) is 17.8 Å². The van der Waals surface area contributed by atoms with Crippen LogP contribution in [0.2, 0.25) is 0 Å². The molecule has 1 unspecified atom stereocenters. The van der Waals surface area contributed by atoms with E-state index in [9.17, 15) is 4.79 Å². The van der Waals surface area contributed by atoms with Crippen molar-refractivity contribution in [2.45, 2.75) is 26.8 Å². The number of hydrogen-bond donors (Lipinski definition) is 2. The maximum Gasteiger partial charge on any atom is 0.240 e. The lowest BCUT2D eigenvalue weighted by atomic mass is 10.0. The molecule has 1 aromatic heterocycles. The van der Waals surface area contributed by atoms with Crippen molar-refractivity contribution in [2.75, 3.05) is 5.32 Å². The fourth-order valence-electron chi connectivity index (χ4n) is 1.20. The first-order valence-electron chi connectivity index (χ1n) is 4.87. The standard InChI is InChI=1S/C10H16N4O/c1-6(2)9(10(11)15)12-8-5-4-7(3)13-14-8/h4-6,9H,1-3H3,(H2,11,15)(H,12,14). The van der Waals surface area contributed by atoms with Crippen molar-refractivity contribution in [1.29, 1.82) is 0 Å². The number of nitrogens with two attached hydrogens (primary N) is 1. The molecule has 82 valence electrons. The highest BCUT2D eigenvalue weighted by Crippen LogP contribution is 2.09. The topological polar surface area (TPSA) is 80.9 Å². The minimum absolute atomic E-state index is 0.116. The van der Waals surface area contributed by atoms with Crippen LogP contribution in [0.5, 0.6) is 0 Å². The van der Waals surface area contributed by atoms with Gasteiger partial charge in [0.2, 0.25) is 5.91 Å². The Morgan fingerprint density at radius 2 is 2.07 bits per heavy atom. The van der Waals surface area contributed by atoms with E-state index in [0.29, 0.717) is 5.82 Å². The lowest BCUT2D eigenvalue weighted by Gasteiger charge is -2.18. The molecule has 3 N–H and O–H groups in total. The molecule has 0 radical (unpaired) electrons. The molecule has 5 nitrogen and oxygen atoms in total. The second kappa shape index (κ2) is 4.72. The Morgan fingerprint density at radius 3 is 2.47 bits per heavy atom. The van der Waals surface area contributed by atoms with E-state index in [1.54, 1.807) is 6.07 Å². The third kappa shape index (κ3) is 3.19. The van der Waals surface area contributed by atoms with E-state index in [4.69, 9.17) is 5.73 Å². The first-order chi connectivity index (χ1) is 7.00. The number of hydrogen-bond acceptors (Lipinski definition) is 4. The zero-order valence-electron chi connectivity index (χ0n) is 9.19. The average molecular weight is 208 g/mol. The molecule has 0 bridgehead atoms. The summed E-state index contributed by atoms with van der Waals surface area (Å²) in [5.74, 6) is 0.302. The van der Waals surface area contributed by atoms with Crippen LogP contribution in [0.4, 0.5) is 5.82 Å². The van der Waals surface area contributed by atoms with Crippen molar-refractivity contribution >= 4 is 11.7 Å². The fraction of sp³-hybridized carbons (Fsp3) is 0.500. The maximum atomic E-state index is 11.1. The molecule has 0 saturated heterocycles. The third-order valence-corrected chi connectivity index (χ3v) is 2.07. The predicted octanol–water partition coefficient (Wildman–Crippen LogP) is 0.707. The molecule has 15 heavy (non-hydrogen) atoms. The Hall–Kier alpha value is -1.65. The van der Waals surface area contributed by atoms with Crippen LogP contribution in [-0.2, 0) is 4.79 Å². The van der Waals surface area contributed by atoms with Crippen molar-refractivity contribution < 1.29 is 4.79 Å². The molecule has 1 heterocycles. The number of nitrogens with one attached hydrogen (secondary N) is 1. The van der Waals surface area contributed by atoms with Crippen molar-refractivity contribution in [3.8, 4) is 0 Å². The monoisotopic (exact) mass is 208 g/mol. The largest absolute Gasteiger partial charge is 0.368 e. The van der Waals surface area contributed by atoms with E-state index in [1.165, 1.54) is 0 Å². The molecule has 0 aliphatic heterocycles. The van der Waals surface area contributed by atoms with Crippen LogP contribution in [0.1, 0.15) is 19.5 Å². The number of aromatic nitrogens is 2. The Balaban J connectivity index is 2.74. The van der Waals surface area contributed by atoms with Gasteiger partial charge in [-0.3, -0.25) is 4.79 Å². The van der Waals surface area contributed by atoms with E-state index >= 15 is 0 Å². The molecule has 0 aromatic carbocycles. The van der Waals surface area contributed by atoms with Crippen LogP contribution in [0.3, 0.4) is 0 Å². The Morgan fingerprint density at radius 1 is 1.40 bits per heavy atom. The van der Waals surface area contributed by atoms with Gasteiger partial charge in [-0.25, -0.2) is 0 Å². The predicted molar refractivity (Wildman–Crippen MR) is 58.2 cm³/mol. The second-order valence-corrected chi connectivity index (χ2v) is 3.83. The number of carbonyl (C=O) groups is 1. The lowest BCUT2D eigenvalue weighted by Crippen LogP contribution is -2.39. The highest BCUT2D eigenvalue weighted by atomic mass is 16.1. The van der Waals surface area contributed by atoms with Gasteiger partial charge in [-0.1, -0.05) is 13.8 Å². The summed E-state index contributed by atoms with van der Waals surface area (Å²) in [6.45, 7) is 5.69. The Bertz CT molecular complexity index is 334. The normalized spacial score (nSPS) is 12.5. The minimum atomic E-state index is -0.415. The van der Waals surface area contributed by atoms with Crippen LogP contribution in [0.15, 0.2) is 12.1 Å². The summed E-state index contributed by atoms with van der Waals surface area (Å²) in [4.78, 5) is 11.1. The zero-order chi connectivity index (χ0) is 11.4. The van der Waals surface area contributed by atoms with E-state index in [0.717, 1.165) is 5.69 Å². The molecule has 0 spiro atoms. The highest BCUT2D eigenvalue weighted by molar-refractivity contribution is 5.82. The van der Waals surface area contributed by atoms with E-state index in [-0.39, 0.29) is 11.8 Å². The zero-order valence-corrected chi connectivity index (χ0v) is 9.19. The maximum absolute atomic E-state index is 11.1. The Labute approximate surface area is 89.1 Å². The van der Waals surface area contributed by atoms with E-state index < -0.39 is 6.04 Å². The molecule has 1 rings (SSSR count). The molecular formula is C10H16N4O. The Kier molecular flexibility index (Phi) is 3.60. The van der Waals surface area contributed by atoms with Gasteiger partial charge in [0.25, 0.3) is 0 Å². The van der Waals surface area contributed by atoms with Gasteiger partial charge in [0.15, 0.2) is 0 Å². The van der Waals surface area contributed by atoms with Crippen molar-refractivity contribution in [1.82, 2.24) is 10.2 Å². The number of primary amides is 1. The van der Waals surface area contributed by atoms with Crippen LogP contribution in [0, 0.1) is 12.8 Å². The minimum Gasteiger partial charge on any atom is -0.368 e. The van der Waals surface area contributed by atoms with Crippen LogP contribution < -0.4 is 11.1 Å². The fourth-order valence-corrected chi connectivity index (χ4v) is 1.20. The SMILES string of the molecule is Cc1ccc(NC(C(N)=O)C(C)C)nn1. The summed E-state index contributed by atoms with van der Waals surface area (Å²) in [7, 11) is 0. The summed E-state index contributed by atoms with van der Waals surface area (Å²) < 4.78 is 0. The quantitative estimate of drug-likeness (QED) is 0.763. The van der Waals surface area contributed by atoms with Crippen molar-refractivity contribution in [2.24, 2.45) is 11.7 Å². The smallest absolute Gasteiger partial charge is 0.240 e. The van der Waals surface area contributed by atoms with Gasteiger partial charge in [-0.05, 0) is 25.0 Å². The van der Waals surface area contributed by atoms with Gasteiger partial charge in [0, 0.05) is 0 Å². The summed E-state index contributed by atoms with van der Waals surface area (Å²) in [5.41, 5.74) is 6.10. The summed E-state index contributed by atoms with van der Waals surface area (Å²) in [6, 6.07) is 3.19. The molecule has 1 amide bonds.